The Morgan fingerprint density at radius 1 is 1.18 bits per heavy atom. The number of ether oxygens (including phenoxy) is 1. The van der Waals surface area contributed by atoms with Gasteiger partial charge in [-0.1, -0.05) is 52.3 Å². The van der Waals surface area contributed by atoms with Gasteiger partial charge in [-0.15, -0.1) is 0 Å². The van der Waals surface area contributed by atoms with Crippen LogP contribution < -0.4 is 0 Å². The van der Waals surface area contributed by atoms with E-state index in [1.807, 2.05) is 36.4 Å². The fourth-order valence-corrected chi connectivity index (χ4v) is 5.72. The molecule has 0 radical (unpaired) electrons. The fraction of sp³-hybridized carbons (Fsp3) is 0.407. The first-order valence-corrected chi connectivity index (χ1v) is 12.2. The summed E-state index contributed by atoms with van der Waals surface area (Å²) in [5.74, 6) is -0.209. The molecule has 1 fully saturated rings. The number of allylic oxidation sites excluding steroid dienone is 5. The Kier molecular flexibility index (Phi) is 7.45. The predicted molar refractivity (Wildman–Crippen MR) is 132 cm³/mol. The zero-order valence-electron chi connectivity index (χ0n) is 18.9. The Balaban J connectivity index is 1.54. The maximum Gasteiger partial charge on any atom is 0.337 e. The van der Waals surface area contributed by atoms with Crippen molar-refractivity contribution in [3.05, 3.63) is 75.3 Å². The summed E-state index contributed by atoms with van der Waals surface area (Å²) in [6.07, 6.45) is 7.05. The quantitative estimate of drug-likeness (QED) is 0.348. The minimum Gasteiger partial charge on any atom is -0.465 e. The molecule has 1 atom stereocenters. The third kappa shape index (κ3) is 4.97. The highest BCUT2D eigenvalue weighted by molar-refractivity contribution is 9.11. The lowest BCUT2D eigenvalue weighted by Gasteiger charge is -2.38. The molecule has 33 heavy (non-hydrogen) atoms. The van der Waals surface area contributed by atoms with Crippen molar-refractivity contribution in [3.8, 4) is 0 Å². The summed E-state index contributed by atoms with van der Waals surface area (Å²) in [7, 11) is 1.39. The second kappa shape index (κ2) is 10.3. The Labute approximate surface area is 203 Å². The summed E-state index contributed by atoms with van der Waals surface area (Å²) in [6, 6.07) is 7.84. The van der Waals surface area contributed by atoms with Crippen LogP contribution in [0.3, 0.4) is 0 Å². The number of esters is 1. The maximum absolute atomic E-state index is 12.9. The summed E-state index contributed by atoms with van der Waals surface area (Å²) >= 11 is 3.81. The van der Waals surface area contributed by atoms with Crippen molar-refractivity contribution in [2.75, 3.05) is 33.4 Å². The predicted octanol–water partition coefficient (Wildman–Crippen LogP) is 5.66. The van der Waals surface area contributed by atoms with Crippen LogP contribution in [0.1, 0.15) is 41.6 Å². The number of rotatable bonds is 7. The molecule has 0 bridgehead atoms. The third-order valence-corrected chi connectivity index (χ3v) is 7.53. The van der Waals surface area contributed by atoms with Gasteiger partial charge in [0.2, 0.25) is 0 Å². The van der Waals surface area contributed by atoms with E-state index in [2.05, 4.69) is 27.4 Å². The summed E-state index contributed by atoms with van der Waals surface area (Å²) < 4.78 is 18.4. The highest BCUT2D eigenvalue weighted by atomic mass is 79.9. The summed E-state index contributed by atoms with van der Waals surface area (Å²) in [4.78, 5) is 27.1. The first-order chi connectivity index (χ1) is 15.9. The fourth-order valence-electron chi connectivity index (χ4n) is 4.98. The van der Waals surface area contributed by atoms with Gasteiger partial charge in [-0.2, -0.15) is 0 Å². The number of alkyl halides is 1. The number of likely N-dealkylation sites (tertiary alicyclic amines) is 1. The second-order valence-corrected chi connectivity index (χ2v) is 9.89. The highest BCUT2D eigenvalue weighted by Gasteiger charge is 2.33. The van der Waals surface area contributed by atoms with Crippen molar-refractivity contribution in [1.29, 1.82) is 0 Å². The molecule has 0 N–H and O–H groups in total. The lowest BCUT2D eigenvalue weighted by molar-refractivity contribution is -0.135. The Bertz CT molecular complexity index is 1050. The largest absolute Gasteiger partial charge is 0.465 e. The molecule has 4 rings (SSSR count). The van der Waals surface area contributed by atoms with Crippen LogP contribution in [0.25, 0.3) is 5.57 Å². The van der Waals surface area contributed by atoms with Crippen LogP contribution in [0.4, 0.5) is 4.39 Å². The van der Waals surface area contributed by atoms with Crippen molar-refractivity contribution in [2.24, 2.45) is 11.8 Å². The molecule has 6 heteroatoms. The lowest BCUT2D eigenvalue weighted by atomic mass is 9.77. The molecule has 1 saturated heterocycles. The van der Waals surface area contributed by atoms with Crippen LogP contribution >= 0.6 is 15.9 Å². The molecule has 1 aliphatic heterocycles. The monoisotopic (exact) mass is 513 g/mol. The van der Waals surface area contributed by atoms with E-state index in [1.165, 1.54) is 7.11 Å². The van der Waals surface area contributed by atoms with Crippen LogP contribution in [-0.4, -0.2) is 50.1 Å². The smallest absolute Gasteiger partial charge is 0.337 e. The molecule has 0 aromatic heterocycles. The molecule has 0 amide bonds. The normalized spacial score (nSPS) is 21.5. The summed E-state index contributed by atoms with van der Waals surface area (Å²) in [5.41, 5.74) is 5.47. The van der Waals surface area contributed by atoms with E-state index in [1.54, 1.807) is 0 Å². The highest BCUT2D eigenvalue weighted by Crippen LogP contribution is 2.46. The number of nitrogens with zero attached hydrogens (tertiary/aromatic N) is 1. The van der Waals surface area contributed by atoms with Crippen LogP contribution in [0.15, 0.2) is 64.2 Å². The minimum atomic E-state index is -0.349. The van der Waals surface area contributed by atoms with Gasteiger partial charge in [0, 0.05) is 37.0 Å². The van der Waals surface area contributed by atoms with E-state index in [0.717, 1.165) is 46.0 Å². The number of Topliss-reactive ketones (excluding diaryl/α,β-unsaturated/α-hetero) is 1. The molecule has 0 saturated carbocycles. The second-order valence-electron chi connectivity index (χ2n) is 8.93. The Morgan fingerprint density at radius 3 is 2.58 bits per heavy atom. The SMILES string of the molecule is C=C1C=C(C(=O)OC)C=C2CCCC(Br)=C(c3ccc(C(=O)C4CN(CCCF)C4)cc3)C12. The number of fused-ring (bicyclic) bond motifs is 1. The zero-order valence-corrected chi connectivity index (χ0v) is 20.5. The molecular formula is C27H29BrFNO3. The molecule has 4 nitrogen and oxygen atoms in total. The van der Waals surface area contributed by atoms with Crippen LogP contribution in [-0.2, 0) is 9.53 Å². The van der Waals surface area contributed by atoms with Gasteiger partial charge in [0.15, 0.2) is 5.78 Å². The van der Waals surface area contributed by atoms with E-state index in [9.17, 15) is 14.0 Å². The number of benzene rings is 1. The number of carbonyl (C=O) groups excluding carboxylic acids is 2. The number of carbonyl (C=O) groups is 2. The van der Waals surface area contributed by atoms with E-state index in [0.29, 0.717) is 37.2 Å². The number of ketones is 1. The van der Waals surface area contributed by atoms with Gasteiger partial charge in [-0.3, -0.25) is 9.18 Å². The standard InChI is InChI=1S/C27H29BrFNO3/c1-17-13-21(27(32)33-2)14-20-5-3-6-23(28)25(24(17)20)18-7-9-19(10-8-18)26(31)22-15-30(16-22)12-4-11-29/h7-10,13-14,22,24H,1,3-6,11-12,15-16H2,2H3. The topological polar surface area (TPSA) is 46.6 Å². The number of hydrogen-bond acceptors (Lipinski definition) is 4. The van der Waals surface area contributed by atoms with Crippen LogP contribution in [0.5, 0.6) is 0 Å². The van der Waals surface area contributed by atoms with E-state index in [-0.39, 0.29) is 30.3 Å². The molecule has 1 heterocycles. The third-order valence-electron chi connectivity index (χ3n) is 6.70. The number of halogens is 2. The number of methoxy groups -OCH3 is 1. The van der Waals surface area contributed by atoms with Crippen LogP contribution in [0.2, 0.25) is 0 Å². The van der Waals surface area contributed by atoms with Gasteiger partial charge in [-0.05, 0) is 59.0 Å². The van der Waals surface area contributed by atoms with Crippen molar-refractivity contribution in [2.45, 2.75) is 25.7 Å². The maximum atomic E-state index is 12.9. The Hall–Kier alpha value is -2.31. The number of hydrogen-bond donors (Lipinski definition) is 0. The van der Waals surface area contributed by atoms with Crippen molar-refractivity contribution >= 4 is 33.3 Å². The van der Waals surface area contributed by atoms with Gasteiger partial charge in [0.1, 0.15) is 0 Å². The summed E-state index contributed by atoms with van der Waals surface area (Å²) in [6.45, 7) is 6.10. The lowest BCUT2D eigenvalue weighted by Crippen LogP contribution is -2.50. The molecule has 1 aromatic rings. The van der Waals surface area contributed by atoms with Crippen molar-refractivity contribution < 1.29 is 18.7 Å². The average Bonchev–Trinajstić information content (AvgIpc) is 2.96. The Morgan fingerprint density at radius 2 is 1.91 bits per heavy atom. The molecule has 0 spiro atoms. The molecule has 1 unspecified atom stereocenters. The molecule has 2 aliphatic carbocycles. The first kappa shape index (κ1) is 23.8. The summed E-state index contributed by atoms with van der Waals surface area (Å²) in [5, 5.41) is 0. The zero-order chi connectivity index (χ0) is 23.5. The average molecular weight is 514 g/mol. The molecule has 174 valence electrons. The van der Waals surface area contributed by atoms with Gasteiger partial charge >= 0.3 is 5.97 Å². The van der Waals surface area contributed by atoms with Crippen molar-refractivity contribution in [3.63, 3.8) is 0 Å². The first-order valence-electron chi connectivity index (χ1n) is 11.4. The molecular weight excluding hydrogens is 485 g/mol. The van der Waals surface area contributed by atoms with E-state index < -0.39 is 0 Å². The van der Waals surface area contributed by atoms with Crippen molar-refractivity contribution in [1.82, 2.24) is 4.90 Å². The molecule has 1 aromatic carbocycles. The van der Waals surface area contributed by atoms with Gasteiger partial charge in [-0.25, -0.2) is 4.79 Å². The van der Waals surface area contributed by atoms with Gasteiger partial charge in [0.05, 0.1) is 19.4 Å². The van der Waals surface area contributed by atoms with Crippen LogP contribution in [0, 0.1) is 11.8 Å². The van der Waals surface area contributed by atoms with Gasteiger partial charge < -0.3 is 9.64 Å². The van der Waals surface area contributed by atoms with E-state index in [4.69, 9.17) is 4.74 Å². The van der Waals surface area contributed by atoms with E-state index >= 15 is 0 Å². The minimum absolute atomic E-state index is 0.00571. The van der Waals surface area contributed by atoms with Gasteiger partial charge in [0.25, 0.3) is 0 Å². The molecule has 3 aliphatic rings.